The lowest BCUT2D eigenvalue weighted by Gasteiger charge is -2.37. The third-order valence-corrected chi connectivity index (χ3v) is 5.67. The minimum Gasteiger partial charge on any atom is -0.381 e. The fourth-order valence-corrected chi connectivity index (χ4v) is 3.99. The molecule has 1 aliphatic rings. The maximum atomic E-state index is 5.54. The fourth-order valence-electron chi connectivity index (χ4n) is 2.75. The van der Waals surface area contributed by atoms with Crippen LogP contribution < -0.4 is 10.6 Å². The van der Waals surface area contributed by atoms with Crippen LogP contribution in [-0.2, 0) is 4.74 Å². The summed E-state index contributed by atoms with van der Waals surface area (Å²) >= 11 is 2.06. The number of thioether (sulfide) groups is 1. The number of aliphatic imine (C=N–C) groups is 1. The molecule has 1 aliphatic heterocycles. The smallest absolute Gasteiger partial charge is 0.191 e. The fraction of sp³-hybridized carbons (Fsp3) is 0.941. The van der Waals surface area contributed by atoms with Gasteiger partial charge < -0.3 is 15.4 Å². The molecule has 0 aliphatic carbocycles. The van der Waals surface area contributed by atoms with Gasteiger partial charge in [0.15, 0.2) is 5.96 Å². The lowest BCUT2D eigenvalue weighted by atomic mass is 9.99. The molecule has 0 aromatic heterocycles. The van der Waals surface area contributed by atoms with E-state index in [1.54, 1.807) is 0 Å². The first-order chi connectivity index (χ1) is 10.5. The standard InChI is InChI=1S/C17H35N3OS/c1-6-22-17(9-11-21-12-10-17)13-19-16(18-5)20-15(4)8-7-14(2)3/h14-15H,6-13H2,1-5H3,(H2,18,19,20). The molecule has 0 saturated carbocycles. The predicted molar refractivity (Wildman–Crippen MR) is 98.9 cm³/mol. The van der Waals surface area contributed by atoms with Crippen molar-refractivity contribution >= 4 is 17.7 Å². The highest BCUT2D eigenvalue weighted by Gasteiger charge is 2.32. The number of rotatable bonds is 8. The minimum absolute atomic E-state index is 0.297. The van der Waals surface area contributed by atoms with Gasteiger partial charge in [-0.25, -0.2) is 0 Å². The van der Waals surface area contributed by atoms with E-state index in [1.807, 2.05) is 7.05 Å². The lowest BCUT2D eigenvalue weighted by Crippen LogP contribution is -2.49. The van der Waals surface area contributed by atoms with Gasteiger partial charge in [0.1, 0.15) is 0 Å². The second kappa shape index (κ2) is 10.4. The van der Waals surface area contributed by atoms with E-state index >= 15 is 0 Å². The average molecular weight is 330 g/mol. The lowest BCUT2D eigenvalue weighted by molar-refractivity contribution is 0.0782. The molecule has 1 atom stereocenters. The molecule has 1 saturated heterocycles. The van der Waals surface area contributed by atoms with E-state index in [1.165, 1.54) is 12.8 Å². The minimum atomic E-state index is 0.297. The van der Waals surface area contributed by atoms with Crippen molar-refractivity contribution < 1.29 is 4.74 Å². The van der Waals surface area contributed by atoms with Crippen molar-refractivity contribution in [2.75, 3.05) is 32.6 Å². The molecule has 4 nitrogen and oxygen atoms in total. The van der Waals surface area contributed by atoms with Gasteiger partial charge in [-0.15, -0.1) is 0 Å². The Hall–Kier alpha value is -0.420. The van der Waals surface area contributed by atoms with Crippen molar-refractivity contribution in [2.45, 2.75) is 64.2 Å². The van der Waals surface area contributed by atoms with Crippen molar-refractivity contribution in [3.05, 3.63) is 0 Å². The van der Waals surface area contributed by atoms with Crippen LogP contribution in [0.25, 0.3) is 0 Å². The van der Waals surface area contributed by atoms with Crippen molar-refractivity contribution in [3.63, 3.8) is 0 Å². The molecule has 1 rings (SSSR count). The van der Waals surface area contributed by atoms with E-state index in [9.17, 15) is 0 Å². The Morgan fingerprint density at radius 3 is 2.45 bits per heavy atom. The highest BCUT2D eigenvalue weighted by molar-refractivity contribution is 8.00. The SMILES string of the molecule is CCSC1(CNC(=NC)NC(C)CCC(C)C)CCOCC1. The number of hydrogen-bond acceptors (Lipinski definition) is 3. The maximum absolute atomic E-state index is 5.54. The molecule has 22 heavy (non-hydrogen) atoms. The number of ether oxygens (including phenoxy) is 1. The molecule has 0 radical (unpaired) electrons. The number of hydrogen-bond donors (Lipinski definition) is 2. The van der Waals surface area contributed by atoms with Crippen LogP contribution in [0.3, 0.4) is 0 Å². The number of nitrogens with zero attached hydrogens (tertiary/aromatic N) is 1. The molecular weight excluding hydrogens is 294 g/mol. The number of nitrogens with one attached hydrogen (secondary N) is 2. The second-order valence-electron chi connectivity index (χ2n) is 6.67. The van der Waals surface area contributed by atoms with E-state index in [2.05, 4.69) is 55.1 Å². The van der Waals surface area contributed by atoms with Crippen LogP contribution in [0.4, 0.5) is 0 Å². The summed E-state index contributed by atoms with van der Waals surface area (Å²) in [6.07, 6.45) is 4.68. The third kappa shape index (κ3) is 7.23. The molecule has 1 heterocycles. The van der Waals surface area contributed by atoms with E-state index in [4.69, 9.17) is 4.74 Å². The molecule has 1 unspecified atom stereocenters. The van der Waals surface area contributed by atoms with Crippen LogP contribution in [0.5, 0.6) is 0 Å². The molecule has 0 aromatic rings. The quantitative estimate of drug-likeness (QED) is 0.530. The van der Waals surface area contributed by atoms with Gasteiger partial charge in [0.25, 0.3) is 0 Å². The van der Waals surface area contributed by atoms with E-state index in [-0.39, 0.29) is 0 Å². The third-order valence-electron chi connectivity index (χ3n) is 4.22. The van der Waals surface area contributed by atoms with Crippen molar-refractivity contribution in [2.24, 2.45) is 10.9 Å². The summed E-state index contributed by atoms with van der Waals surface area (Å²) in [6.45, 7) is 11.7. The summed E-state index contributed by atoms with van der Waals surface area (Å²) in [5.74, 6) is 2.84. The Balaban J connectivity index is 2.44. The van der Waals surface area contributed by atoms with E-state index in [0.29, 0.717) is 10.8 Å². The molecule has 0 bridgehead atoms. The summed E-state index contributed by atoms with van der Waals surface area (Å²) in [5.41, 5.74) is 0. The van der Waals surface area contributed by atoms with Gasteiger partial charge in [0, 0.05) is 37.6 Å². The van der Waals surface area contributed by atoms with Crippen LogP contribution in [0, 0.1) is 5.92 Å². The van der Waals surface area contributed by atoms with E-state index < -0.39 is 0 Å². The van der Waals surface area contributed by atoms with Gasteiger partial charge in [-0.3, -0.25) is 4.99 Å². The van der Waals surface area contributed by atoms with Crippen LogP contribution in [-0.4, -0.2) is 49.3 Å². The van der Waals surface area contributed by atoms with Gasteiger partial charge in [0.2, 0.25) is 0 Å². The summed E-state index contributed by atoms with van der Waals surface area (Å²) in [5, 5.41) is 7.07. The summed E-state index contributed by atoms with van der Waals surface area (Å²) in [4.78, 5) is 4.38. The monoisotopic (exact) mass is 329 g/mol. The Labute approximate surface area is 141 Å². The Kier molecular flexibility index (Phi) is 9.25. The Morgan fingerprint density at radius 1 is 1.23 bits per heavy atom. The zero-order chi connectivity index (χ0) is 16.4. The van der Waals surface area contributed by atoms with Gasteiger partial charge in [0.05, 0.1) is 0 Å². The molecule has 0 amide bonds. The van der Waals surface area contributed by atoms with Crippen molar-refractivity contribution in [1.29, 1.82) is 0 Å². The van der Waals surface area contributed by atoms with Crippen LogP contribution in [0.2, 0.25) is 0 Å². The normalized spacial score (nSPS) is 20.0. The summed E-state index contributed by atoms with van der Waals surface area (Å²) in [6, 6.07) is 0.457. The average Bonchev–Trinajstić information content (AvgIpc) is 2.50. The first-order valence-electron chi connectivity index (χ1n) is 8.70. The largest absolute Gasteiger partial charge is 0.381 e. The summed E-state index contributed by atoms with van der Waals surface area (Å²) < 4.78 is 5.83. The molecule has 0 spiro atoms. The zero-order valence-corrected chi connectivity index (χ0v) is 15.9. The van der Waals surface area contributed by atoms with Gasteiger partial charge in [-0.1, -0.05) is 20.8 Å². The van der Waals surface area contributed by atoms with Gasteiger partial charge in [-0.2, -0.15) is 11.8 Å². The van der Waals surface area contributed by atoms with Crippen molar-refractivity contribution in [3.8, 4) is 0 Å². The molecule has 5 heteroatoms. The van der Waals surface area contributed by atoms with Gasteiger partial charge in [-0.05, 0) is 44.3 Å². The zero-order valence-electron chi connectivity index (χ0n) is 15.1. The number of guanidine groups is 1. The summed E-state index contributed by atoms with van der Waals surface area (Å²) in [7, 11) is 1.86. The van der Waals surface area contributed by atoms with Crippen LogP contribution >= 0.6 is 11.8 Å². The van der Waals surface area contributed by atoms with Gasteiger partial charge >= 0.3 is 0 Å². The predicted octanol–water partition coefficient (Wildman–Crippen LogP) is 3.28. The second-order valence-corrected chi connectivity index (χ2v) is 8.40. The molecule has 130 valence electrons. The highest BCUT2D eigenvalue weighted by Crippen LogP contribution is 2.34. The first kappa shape index (κ1) is 19.6. The van der Waals surface area contributed by atoms with Crippen molar-refractivity contribution in [1.82, 2.24) is 10.6 Å². The topological polar surface area (TPSA) is 45.7 Å². The molecule has 1 fully saturated rings. The maximum Gasteiger partial charge on any atom is 0.191 e. The van der Waals surface area contributed by atoms with Crippen LogP contribution in [0.1, 0.15) is 53.4 Å². The molecule has 2 N–H and O–H groups in total. The van der Waals surface area contributed by atoms with Crippen LogP contribution in [0.15, 0.2) is 4.99 Å². The Morgan fingerprint density at radius 2 is 1.91 bits per heavy atom. The molecular formula is C17H35N3OS. The Bertz CT molecular complexity index is 322. The first-order valence-corrected chi connectivity index (χ1v) is 9.69. The van der Waals surface area contributed by atoms with E-state index in [0.717, 1.165) is 50.2 Å². The molecule has 0 aromatic carbocycles. The highest BCUT2D eigenvalue weighted by atomic mass is 32.2.